The molecular weight excluding hydrogens is 457 g/mol. The van der Waals surface area contributed by atoms with Gasteiger partial charge in [-0.25, -0.2) is 4.57 Å². The van der Waals surface area contributed by atoms with Gasteiger partial charge in [0, 0.05) is 13.0 Å². The van der Waals surface area contributed by atoms with Crippen molar-refractivity contribution in [1.82, 2.24) is 0 Å². The number of aliphatic hydroxyl groups excluding tert-OH is 1. The summed E-state index contributed by atoms with van der Waals surface area (Å²) in [5.74, 6) is -0.395. The van der Waals surface area contributed by atoms with Gasteiger partial charge in [0.2, 0.25) is 0 Å². The lowest BCUT2D eigenvalue weighted by atomic mass is 10.1. The molecule has 0 bridgehead atoms. The second kappa shape index (κ2) is 23.7. The maximum atomic E-state index is 11.7. The molecule has 0 aromatic rings. The molecular formula is C25H48NO7P. The molecule has 4 N–H and O–H groups in total. The summed E-state index contributed by atoms with van der Waals surface area (Å²) in [6, 6.07) is 0. The smallest absolute Gasteiger partial charge is 0.463 e. The summed E-state index contributed by atoms with van der Waals surface area (Å²) in [4.78, 5) is 21.0. The monoisotopic (exact) mass is 505 g/mol. The highest BCUT2D eigenvalue weighted by Crippen LogP contribution is 2.42. The van der Waals surface area contributed by atoms with Gasteiger partial charge >= 0.3 is 13.8 Å². The molecule has 1 unspecified atom stereocenters. The van der Waals surface area contributed by atoms with Crippen LogP contribution in [0, 0.1) is 0 Å². The Morgan fingerprint density at radius 1 is 0.882 bits per heavy atom. The fraction of sp³-hybridized carbons (Fsp3) is 0.800. The molecule has 0 aromatic carbocycles. The molecule has 200 valence electrons. The van der Waals surface area contributed by atoms with Crippen molar-refractivity contribution >= 4 is 13.8 Å². The Kier molecular flexibility index (Phi) is 23.0. The van der Waals surface area contributed by atoms with E-state index >= 15 is 0 Å². The second-order valence-corrected chi connectivity index (χ2v) is 9.86. The van der Waals surface area contributed by atoms with Crippen LogP contribution in [0.3, 0.4) is 0 Å². The normalized spacial score (nSPS) is 14.6. The Bertz CT molecular complexity index is 584. The molecule has 34 heavy (non-hydrogen) atoms. The summed E-state index contributed by atoms with van der Waals surface area (Å²) in [6.07, 6.45) is 23.1. The topological polar surface area (TPSA) is 128 Å². The first-order valence-corrected chi connectivity index (χ1v) is 14.4. The molecule has 0 amide bonds. The van der Waals surface area contributed by atoms with Crippen LogP contribution in [0.15, 0.2) is 24.3 Å². The van der Waals surface area contributed by atoms with Crippen LogP contribution in [0.1, 0.15) is 96.8 Å². The zero-order valence-electron chi connectivity index (χ0n) is 21.1. The zero-order valence-corrected chi connectivity index (χ0v) is 22.0. The minimum atomic E-state index is -4.24. The summed E-state index contributed by atoms with van der Waals surface area (Å²) in [5.41, 5.74) is 5.17. The summed E-state index contributed by atoms with van der Waals surface area (Å²) < 4.78 is 25.5. The average molecular weight is 506 g/mol. The molecule has 0 aliphatic heterocycles. The van der Waals surface area contributed by atoms with Crippen LogP contribution < -0.4 is 5.73 Å². The van der Waals surface area contributed by atoms with Crippen LogP contribution in [0.2, 0.25) is 0 Å². The van der Waals surface area contributed by atoms with E-state index in [-0.39, 0.29) is 19.8 Å². The fourth-order valence-corrected chi connectivity index (χ4v) is 3.90. The van der Waals surface area contributed by atoms with Crippen molar-refractivity contribution in [2.75, 3.05) is 26.4 Å². The summed E-state index contributed by atoms with van der Waals surface area (Å²) >= 11 is 0. The third-order valence-electron chi connectivity index (χ3n) is 5.07. The van der Waals surface area contributed by atoms with Crippen molar-refractivity contribution in [3.05, 3.63) is 24.3 Å². The number of nitrogens with two attached hydrogens (primary N) is 1. The van der Waals surface area contributed by atoms with Crippen molar-refractivity contribution in [3.63, 3.8) is 0 Å². The number of ether oxygens (including phenoxy) is 1. The van der Waals surface area contributed by atoms with Gasteiger partial charge in [0.05, 0.1) is 13.2 Å². The Morgan fingerprint density at radius 3 is 2.09 bits per heavy atom. The molecule has 9 heteroatoms. The van der Waals surface area contributed by atoms with Crippen LogP contribution in [0.25, 0.3) is 0 Å². The van der Waals surface area contributed by atoms with Gasteiger partial charge in [-0.3, -0.25) is 13.8 Å². The van der Waals surface area contributed by atoms with Crippen LogP contribution in [0.4, 0.5) is 0 Å². The predicted octanol–water partition coefficient (Wildman–Crippen LogP) is 5.58. The molecule has 0 rings (SSSR count). The quantitative estimate of drug-likeness (QED) is 0.0671. The molecule has 0 fully saturated rings. The Hall–Kier alpha value is -1.02. The number of rotatable bonds is 24. The van der Waals surface area contributed by atoms with Crippen molar-refractivity contribution in [2.24, 2.45) is 5.73 Å². The SMILES string of the molecule is CCCCC/C=C/C/C=C/CCCCCCCCCC(=O)OC[C@@H](O)COP(=O)(O)OCCN. The minimum absolute atomic E-state index is 0.0727. The number of allylic oxidation sites excluding steroid dienone is 4. The summed E-state index contributed by atoms with van der Waals surface area (Å²) in [6.45, 7) is 1.40. The lowest BCUT2D eigenvalue weighted by Gasteiger charge is -2.15. The lowest BCUT2D eigenvalue weighted by Crippen LogP contribution is -2.23. The van der Waals surface area contributed by atoms with Crippen LogP contribution in [-0.2, 0) is 23.1 Å². The molecule has 0 aliphatic rings. The van der Waals surface area contributed by atoms with Crippen molar-refractivity contribution in [1.29, 1.82) is 0 Å². The average Bonchev–Trinajstić information content (AvgIpc) is 2.82. The highest BCUT2D eigenvalue weighted by molar-refractivity contribution is 7.47. The largest absolute Gasteiger partial charge is 0.472 e. The molecule has 0 saturated carbocycles. The number of phosphoric acid groups is 1. The van der Waals surface area contributed by atoms with Gasteiger partial charge in [0.1, 0.15) is 12.7 Å². The van der Waals surface area contributed by atoms with E-state index in [1.807, 2.05) is 0 Å². The third kappa shape index (κ3) is 24.1. The molecule has 0 radical (unpaired) electrons. The van der Waals surface area contributed by atoms with Gasteiger partial charge < -0.3 is 20.5 Å². The Balaban J connectivity index is 3.49. The van der Waals surface area contributed by atoms with Gasteiger partial charge in [-0.2, -0.15) is 0 Å². The van der Waals surface area contributed by atoms with E-state index in [1.165, 1.54) is 51.4 Å². The molecule has 0 saturated heterocycles. The first kappa shape index (κ1) is 33.0. The van der Waals surface area contributed by atoms with E-state index in [2.05, 4.69) is 40.3 Å². The summed E-state index contributed by atoms with van der Waals surface area (Å²) in [7, 11) is -4.24. The fourth-order valence-electron chi connectivity index (χ4n) is 3.13. The molecule has 0 spiro atoms. The molecule has 0 aliphatic carbocycles. The van der Waals surface area contributed by atoms with Gasteiger partial charge in [0.15, 0.2) is 0 Å². The molecule has 2 atom stereocenters. The van der Waals surface area contributed by atoms with Gasteiger partial charge in [0.25, 0.3) is 0 Å². The Labute approximate surface area is 206 Å². The van der Waals surface area contributed by atoms with Gasteiger partial charge in [-0.05, 0) is 38.5 Å². The van der Waals surface area contributed by atoms with Gasteiger partial charge in [-0.1, -0.05) is 76.2 Å². The number of aliphatic hydroxyl groups is 1. The van der Waals surface area contributed by atoms with E-state index in [0.29, 0.717) is 6.42 Å². The Morgan fingerprint density at radius 2 is 1.47 bits per heavy atom. The summed E-state index contributed by atoms with van der Waals surface area (Å²) in [5, 5.41) is 9.69. The highest BCUT2D eigenvalue weighted by Gasteiger charge is 2.22. The van der Waals surface area contributed by atoms with Crippen molar-refractivity contribution < 1.29 is 33.1 Å². The van der Waals surface area contributed by atoms with Crippen LogP contribution >= 0.6 is 7.82 Å². The number of phosphoric ester groups is 1. The lowest BCUT2D eigenvalue weighted by molar-refractivity contribution is -0.147. The number of unbranched alkanes of at least 4 members (excludes halogenated alkanes) is 10. The highest BCUT2D eigenvalue weighted by atomic mass is 31.2. The van der Waals surface area contributed by atoms with E-state index in [0.717, 1.165) is 32.1 Å². The van der Waals surface area contributed by atoms with Crippen LogP contribution in [0.5, 0.6) is 0 Å². The molecule has 8 nitrogen and oxygen atoms in total. The second-order valence-electron chi connectivity index (χ2n) is 8.41. The maximum Gasteiger partial charge on any atom is 0.472 e. The first-order valence-electron chi connectivity index (χ1n) is 12.9. The number of carbonyl (C=O) groups excluding carboxylic acids is 1. The number of carbonyl (C=O) groups is 1. The van der Waals surface area contributed by atoms with E-state index in [4.69, 9.17) is 10.5 Å². The zero-order chi connectivity index (χ0) is 25.3. The van der Waals surface area contributed by atoms with E-state index in [9.17, 15) is 19.4 Å². The van der Waals surface area contributed by atoms with Crippen LogP contribution in [-0.4, -0.2) is 48.4 Å². The van der Waals surface area contributed by atoms with Gasteiger partial charge in [-0.15, -0.1) is 0 Å². The van der Waals surface area contributed by atoms with Crippen molar-refractivity contribution in [3.8, 4) is 0 Å². The van der Waals surface area contributed by atoms with Crippen molar-refractivity contribution in [2.45, 2.75) is 103 Å². The first-order chi connectivity index (χ1) is 16.4. The molecule has 0 aromatic heterocycles. The predicted molar refractivity (Wildman–Crippen MR) is 136 cm³/mol. The number of esters is 1. The van der Waals surface area contributed by atoms with E-state index < -0.39 is 26.5 Å². The minimum Gasteiger partial charge on any atom is -0.463 e. The maximum absolute atomic E-state index is 11.7. The standard InChI is InChI=1S/C25H48NO7P/c1-2-3-4-5-6-7-8-9-10-11-12-13-14-15-16-17-18-19-25(28)31-22-24(27)23-33-34(29,30)32-21-20-26/h6-7,9-10,24,27H,2-5,8,11-23,26H2,1H3,(H,29,30)/b7-6+,10-9+/t24-/m1/s1. The number of hydrogen-bond acceptors (Lipinski definition) is 7. The van der Waals surface area contributed by atoms with E-state index in [1.54, 1.807) is 0 Å². The number of hydrogen-bond donors (Lipinski definition) is 3. The molecule has 0 heterocycles. The third-order valence-corrected chi connectivity index (χ3v) is 6.05.